The molecule has 4 rings (SSSR count). The lowest BCUT2D eigenvalue weighted by Gasteiger charge is -2.30. The van der Waals surface area contributed by atoms with Gasteiger partial charge in [-0.2, -0.15) is 0 Å². The van der Waals surface area contributed by atoms with E-state index in [-0.39, 0.29) is 18.9 Å². The van der Waals surface area contributed by atoms with Gasteiger partial charge in [-0.05, 0) is 43.7 Å². The Balaban J connectivity index is 1.60. The van der Waals surface area contributed by atoms with Crippen LogP contribution in [-0.2, 0) is 10.2 Å². The molecule has 0 radical (unpaired) electrons. The van der Waals surface area contributed by atoms with E-state index in [0.29, 0.717) is 28.2 Å². The van der Waals surface area contributed by atoms with Gasteiger partial charge in [0.25, 0.3) is 5.91 Å². The lowest BCUT2D eigenvalue weighted by molar-refractivity contribution is -0.123. The highest BCUT2D eigenvalue weighted by molar-refractivity contribution is 6.19. The maximum absolute atomic E-state index is 13.2. The normalized spacial score (nSPS) is 15.4. The van der Waals surface area contributed by atoms with Gasteiger partial charge in [-0.3, -0.25) is 9.59 Å². The van der Waals surface area contributed by atoms with Crippen LogP contribution in [0.3, 0.4) is 0 Å². The van der Waals surface area contributed by atoms with Gasteiger partial charge < -0.3 is 24.7 Å². The second-order valence-corrected chi connectivity index (χ2v) is 7.89. The van der Waals surface area contributed by atoms with Gasteiger partial charge in [0, 0.05) is 22.9 Å². The Hall–Kier alpha value is -3.16. The summed E-state index contributed by atoms with van der Waals surface area (Å²) in [7, 11) is 0. The molecule has 3 aromatic rings. The Morgan fingerprint density at radius 1 is 1.23 bits per heavy atom. The molecule has 1 aromatic heterocycles. The number of carbonyl (C=O) groups is 2. The van der Waals surface area contributed by atoms with Gasteiger partial charge in [-0.1, -0.05) is 18.2 Å². The first kappa shape index (κ1) is 20.1. The van der Waals surface area contributed by atoms with Crippen LogP contribution in [0.1, 0.15) is 41.1 Å². The van der Waals surface area contributed by atoms with Crippen LogP contribution < -0.4 is 10.1 Å². The first-order chi connectivity index (χ1) is 14.3. The fraction of sp³-hybridized carbons (Fsp3) is 0.304. The SMILES string of the molecule is CC1(C)c2cc(OCC(=O)NCC(O)CO)ccc2C(=O)c2c1oc1ccccc21. The highest BCUT2D eigenvalue weighted by atomic mass is 16.5. The fourth-order valence-electron chi connectivity index (χ4n) is 3.79. The fourth-order valence-corrected chi connectivity index (χ4v) is 3.79. The largest absolute Gasteiger partial charge is 0.484 e. The van der Waals surface area contributed by atoms with Gasteiger partial charge in [-0.15, -0.1) is 0 Å². The Morgan fingerprint density at radius 3 is 2.77 bits per heavy atom. The summed E-state index contributed by atoms with van der Waals surface area (Å²) >= 11 is 0. The number of nitrogens with one attached hydrogen (secondary N) is 1. The number of ketones is 1. The number of hydrogen-bond donors (Lipinski definition) is 3. The van der Waals surface area contributed by atoms with Crippen LogP contribution in [0.25, 0.3) is 11.0 Å². The maximum Gasteiger partial charge on any atom is 0.258 e. The first-order valence-electron chi connectivity index (χ1n) is 9.72. The Kier molecular flexibility index (Phi) is 5.09. The highest BCUT2D eigenvalue weighted by Crippen LogP contribution is 2.46. The van der Waals surface area contributed by atoms with E-state index < -0.39 is 24.0 Å². The van der Waals surface area contributed by atoms with Gasteiger partial charge in [0.15, 0.2) is 12.4 Å². The van der Waals surface area contributed by atoms with Gasteiger partial charge in [-0.25, -0.2) is 0 Å². The van der Waals surface area contributed by atoms with E-state index in [1.807, 2.05) is 38.1 Å². The molecule has 1 amide bonds. The van der Waals surface area contributed by atoms with E-state index in [2.05, 4.69) is 5.32 Å². The van der Waals surface area contributed by atoms with E-state index in [4.69, 9.17) is 14.3 Å². The summed E-state index contributed by atoms with van der Waals surface area (Å²) < 4.78 is 11.6. The maximum atomic E-state index is 13.2. The number of benzene rings is 2. The van der Waals surface area contributed by atoms with Crippen molar-refractivity contribution in [3.8, 4) is 5.75 Å². The molecule has 3 N–H and O–H groups in total. The smallest absolute Gasteiger partial charge is 0.258 e. The van der Waals surface area contributed by atoms with Crippen molar-refractivity contribution < 1.29 is 29.0 Å². The second kappa shape index (κ2) is 7.59. The molecule has 0 saturated carbocycles. The Labute approximate surface area is 173 Å². The number of aliphatic hydroxyl groups excluding tert-OH is 2. The van der Waals surface area contributed by atoms with Crippen molar-refractivity contribution in [2.24, 2.45) is 0 Å². The number of amides is 1. The molecule has 1 heterocycles. The Morgan fingerprint density at radius 2 is 2.00 bits per heavy atom. The summed E-state index contributed by atoms with van der Waals surface area (Å²) in [6.45, 7) is 3.25. The van der Waals surface area contributed by atoms with Crippen LogP contribution in [0.5, 0.6) is 5.75 Å². The summed E-state index contributed by atoms with van der Waals surface area (Å²) in [4.78, 5) is 25.1. The highest BCUT2D eigenvalue weighted by Gasteiger charge is 2.41. The van der Waals surface area contributed by atoms with Crippen LogP contribution in [0, 0.1) is 0 Å². The topological polar surface area (TPSA) is 109 Å². The van der Waals surface area contributed by atoms with Crippen LogP contribution >= 0.6 is 0 Å². The summed E-state index contributed by atoms with van der Waals surface area (Å²) in [5.74, 6) is 0.558. The van der Waals surface area contributed by atoms with E-state index in [0.717, 1.165) is 10.9 Å². The standard InChI is InChI=1S/C23H23NO6/c1-23(2)17-9-14(29-12-19(27)24-10-13(26)11-25)7-8-15(17)21(28)20-16-5-3-4-6-18(16)30-22(20)23/h3-9,13,25-26H,10-12H2,1-2H3,(H,24,27). The first-order valence-corrected chi connectivity index (χ1v) is 9.72. The van der Waals surface area contributed by atoms with Crippen LogP contribution in [-0.4, -0.2) is 47.8 Å². The van der Waals surface area contributed by atoms with Crippen molar-refractivity contribution in [1.29, 1.82) is 0 Å². The molecule has 2 aromatic carbocycles. The molecule has 1 atom stereocenters. The molecule has 1 unspecified atom stereocenters. The lowest BCUT2D eigenvalue weighted by atomic mass is 9.72. The number of para-hydroxylation sites is 1. The predicted octanol–water partition coefficient (Wildman–Crippen LogP) is 2.15. The van der Waals surface area contributed by atoms with Crippen LogP contribution in [0.4, 0.5) is 0 Å². The number of rotatable bonds is 6. The summed E-state index contributed by atoms with van der Waals surface area (Å²) in [6.07, 6.45) is -1.01. The molecule has 0 bridgehead atoms. The van der Waals surface area contributed by atoms with E-state index in [9.17, 15) is 14.7 Å². The number of carbonyl (C=O) groups excluding carboxylic acids is 2. The van der Waals surface area contributed by atoms with Crippen molar-refractivity contribution in [2.45, 2.75) is 25.4 Å². The lowest BCUT2D eigenvalue weighted by Crippen LogP contribution is -2.36. The minimum atomic E-state index is -1.01. The molecule has 0 spiro atoms. The van der Waals surface area contributed by atoms with E-state index >= 15 is 0 Å². The predicted molar refractivity (Wildman–Crippen MR) is 110 cm³/mol. The van der Waals surface area contributed by atoms with Gasteiger partial charge in [0.05, 0.1) is 18.3 Å². The average molecular weight is 409 g/mol. The zero-order valence-electron chi connectivity index (χ0n) is 16.8. The minimum absolute atomic E-state index is 0.0563. The third-order valence-corrected chi connectivity index (χ3v) is 5.41. The van der Waals surface area contributed by atoms with Gasteiger partial charge in [0.2, 0.25) is 0 Å². The number of fused-ring (bicyclic) bond motifs is 4. The number of furan rings is 1. The summed E-state index contributed by atoms with van der Waals surface area (Å²) in [5.41, 5.74) is 2.06. The van der Waals surface area contributed by atoms with Gasteiger partial charge >= 0.3 is 0 Å². The Bertz CT molecular complexity index is 1130. The molecule has 156 valence electrons. The number of hydrogen-bond acceptors (Lipinski definition) is 6. The molecule has 0 aliphatic heterocycles. The molecule has 0 fully saturated rings. The molecule has 0 saturated heterocycles. The van der Waals surface area contributed by atoms with Crippen LogP contribution in [0.2, 0.25) is 0 Å². The average Bonchev–Trinajstić information content (AvgIpc) is 3.15. The monoisotopic (exact) mass is 409 g/mol. The molecular formula is C23H23NO6. The second-order valence-electron chi connectivity index (χ2n) is 7.89. The molecule has 1 aliphatic rings. The summed E-state index contributed by atoms with van der Waals surface area (Å²) in [5, 5.41) is 21.4. The molecular weight excluding hydrogens is 386 g/mol. The van der Waals surface area contributed by atoms with Crippen molar-refractivity contribution in [2.75, 3.05) is 19.8 Å². The molecule has 7 nitrogen and oxygen atoms in total. The number of aliphatic hydroxyl groups is 2. The zero-order valence-corrected chi connectivity index (χ0v) is 16.8. The zero-order chi connectivity index (χ0) is 21.5. The molecule has 30 heavy (non-hydrogen) atoms. The third kappa shape index (κ3) is 3.36. The van der Waals surface area contributed by atoms with E-state index in [1.54, 1.807) is 18.2 Å². The van der Waals surface area contributed by atoms with Crippen molar-refractivity contribution in [3.63, 3.8) is 0 Å². The molecule has 1 aliphatic carbocycles. The summed E-state index contributed by atoms with van der Waals surface area (Å²) in [6, 6.07) is 12.6. The van der Waals surface area contributed by atoms with Crippen molar-refractivity contribution >= 4 is 22.7 Å². The van der Waals surface area contributed by atoms with Crippen LogP contribution in [0.15, 0.2) is 46.9 Å². The third-order valence-electron chi connectivity index (χ3n) is 5.41. The van der Waals surface area contributed by atoms with Crippen molar-refractivity contribution in [1.82, 2.24) is 5.32 Å². The van der Waals surface area contributed by atoms with Gasteiger partial charge in [0.1, 0.15) is 17.1 Å². The molecule has 7 heteroatoms. The van der Waals surface area contributed by atoms with Crippen molar-refractivity contribution in [3.05, 3.63) is 64.9 Å². The van der Waals surface area contributed by atoms with E-state index in [1.165, 1.54) is 0 Å². The minimum Gasteiger partial charge on any atom is -0.484 e. The quantitative estimate of drug-likeness (QED) is 0.576. The number of ether oxygens (including phenoxy) is 1.